The average Bonchev–Trinajstić information content (AvgIpc) is 3.08. The van der Waals surface area contributed by atoms with Gasteiger partial charge in [-0.05, 0) is 42.7 Å². The largest absolute Gasteiger partial charge is 0.356 e. The highest BCUT2D eigenvalue weighted by Gasteiger charge is 2.45. The van der Waals surface area contributed by atoms with Gasteiger partial charge in [-0.1, -0.05) is 36.8 Å². The van der Waals surface area contributed by atoms with Crippen LogP contribution in [0.3, 0.4) is 0 Å². The van der Waals surface area contributed by atoms with Crippen molar-refractivity contribution in [1.82, 2.24) is 15.5 Å². The molecule has 2 fully saturated rings. The lowest BCUT2D eigenvalue weighted by Gasteiger charge is -2.43. The number of hydrogen-bond acceptors (Lipinski definition) is 3. The van der Waals surface area contributed by atoms with Crippen LogP contribution in [0.25, 0.3) is 6.08 Å². The Bertz CT molecular complexity index is 752. The Morgan fingerprint density at radius 3 is 2.55 bits per heavy atom. The Kier molecular flexibility index (Phi) is 7.07. The topological polar surface area (TPSA) is 78.5 Å². The maximum absolute atomic E-state index is 12.5. The van der Waals surface area contributed by atoms with Crippen molar-refractivity contribution >= 4 is 23.8 Å². The molecule has 2 N–H and O–H groups in total. The molecule has 3 amide bonds. The van der Waals surface area contributed by atoms with Gasteiger partial charge < -0.3 is 15.5 Å². The van der Waals surface area contributed by atoms with E-state index in [2.05, 4.69) is 10.6 Å². The molecule has 6 heteroatoms. The molecule has 3 rings (SSSR count). The van der Waals surface area contributed by atoms with Crippen LogP contribution in [0.1, 0.15) is 51.0 Å². The number of carbonyl (C=O) groups is 3. The number of piperidine rings is 1. The fraction of sp³-hybridized carbons (Fsp3) is 0.522. The van der Waals surface area contributed by atoms with Crippen LogP contribution in [0.4, 0.5) is 0 Å². The second-order valence-corrected chi connectivity index (χ2v) is 8.18. The summed E-state index contributed by atoms with van der Waals surface area (Å²) in [6.45, 7) is 3.29. The van der Waals surface area contributed by atoms with Gasteiger partial charge in [0.05, 0.1) is 0 Å². The number of nitrogens with zero attached hydrogens (tertiary/aromatic N) is 1. The molecule has 2 aliphatic rings. The van der Waals surface area contributed by atoms with Crippen LogP contribution in [-0.4, -0.2) is 48.3 Å². The lowest BCUT2D eigenvalue weighted by molar-refractivity contribution is -0.129. The van der Waals surface area contributed by atoms with E-state index in [9.17, 15) is 14.4 Å². The van der Waals surface area contributed by atoms with Crippen molar-refractivity contribution in [3.8, 4) is 0 Å². The van der Waals surface area contributed by atoms with Crippen molar-refractivity contribution in [3.63, 3.8) is 0 Å². The Labute approximate surface area is 172 Å². The van der Waals surface area contributed by atoms with Gasteiger partial charge in [-0.15, -0.1) is 0 Å². The van der Waals surface area contributed by atoms with Gasteiger partial charge in [-0.25, -0.2) is 0 Å². The summed E-state index contributed by atoms with van der Waals surface area (Å²) in [6, 6.07) is 10.0. The summed E-state index contributed by atoms with van der Waals surface area (Å²) in [5.41, 5.74) is 1.12. The number of carbonyl (C=O) groups excluding carboxylic acids is 3. The summed E-state index contributed by atoms with van der Waals surface area (Å²) >= 11 is 0. The van der Waals surface area contributed by atoms with E-state index in [1.54, 1.807) is 6.08 Å². The highest BCUT2D eigenvalue weighted by Crippen LogP contribution is 2.46. The summed E-state index contributed by atoms with van der Waals surface area (Å²) < 4.78 is 0. The van der Waals surface area contributed by atoms with Crippen LogP contribution >= 0.6 is 0 Å². The van der Waals surface area contributed by atoms with Gasteiger partial charge in [0.25, 0.3) is 0 Å². The first-order chi connectivity index (χ1) is 14.0. The van der Waals surface area contributed by atoms with Crippen LogP contribution < -0.4 is 10.6 Å². The third kappa shape index (κ3) is 5.68. The Morgan fingerprint density at radius 2 is 1.86 bits per heavy atom. The summed E-state index contributed by atoms with van der Waals surface area (Å²) in [5, 5.41) is 5.86. The molecule has 1 aromatic rings. The first-order valence-electron chi connectivity index (χ1n) is 10.5. The zero-order valence-corrected chi connectivity index (χ0v) is 17.2. The molecule has 0 aromatic heterocycles. The lowest BCUT2D eigenvalue weighted by Crippen LogP contribution is -2.51. The van der Waals surface area contributed by atoms with E-state index < -0.39 is 0 Å². The number of amides is 3. The SMILES string of the molecule is CC(=O)NCCC(=O)NC1CCCC12CCN(C(=O)/C=C/c1ccccc1)CC2. The highest BCUT2D eigenvalue weighted by molar-refractivity contribution is 5.91. The highest BCUT2D eigenvalue weighted by atomic mass is 16.2. The second kappa shape index (κ2) is 9.72. The molecule has 0 radical (unpaired) electrons. The van der Waals surface area contributed by atoms with Crippen LogP contribution in [0.2, 0.25) is 0 Å². The van der Waals surface area contributed by atoms with Crippen molar-refractivity contribution in [2.24, 2.45) is 5.41 Å². The van der Waals surface area contributed by atoms with Crippen molar-refractivity contribution in [2.75, 3.05) is 19.6 Å². The van der Waals surface area contributed by atoms with Gasteiger partial charge in [0.15, 0.2) is 0 Å². The minimum atomic E-state index is -0.117. The summed E-state index contributed by atoms with van der Waals surface area (Å²) in [6.07, 6.45) is 8.88. The van der Waals surface area contributed by atoms with E-state index in [0.29, 0.717) is 13.0 Å². The van der Waals surface area contributed by atoms with Crippen LogP contribution in [0.15, 0.2) is 36.4 Å². The average molecular weight is 398 g/mol. The standard InChI is InChI=1S/C23H31N3O3/c1-18(27)24-15-11-21(28)25-20-8-5-12-23(20)13-16-26(17-14-23)22(29)10-9-19-6-3-2-4-7-19/h2-4,6-7,9-10,20H,5,8,11-17H2,1H3,(H,24,27)(H,25,28)/b10-9+. The molecule has 156 valence electrons. The van der Waals surface area contributed by atoms with Crippen LogP contribution in [0.5, 0.6) is 0 Å². The normalized spacial score (nSPS) is 20.7. The zero-order chi connectivity index (χ0) is 20.7. The molecule has 1 saturated heterocycles. The fourth-order valence-electron chi connectivity index (χ4n) is 4.59. The van der Waals surface area contributed by atoms with E-state index in [-0.39, 0.29) is 29.2 Å². The minimum absolute atomic E-state index is 0.00525. The Hall–Kier alpha value is -2.63. The molecular weight excluding hydrogens is 366 g/mol. The number of likely N-dealkylation sites (tertiary alicyclic amines) is 1. The molecule has 1 saturated carbocycles. The molecule has 1 aliphatic carbocycles. The maximum atomic E-state index is 12.5. The third-order valence-electron chi connectivity index (χ3n) is 6.26. The van der Waals surface area contributed by atoms with Gasteiger partial charge >= 0.3 is 0 Å². The van der Waals surface area contributed by atoms with Crippen molar-refractivity contribution < 1.29 is 14.4 Å². The van der Waals surface area contributed by atoms with Crippen molar-refractivity contribution in [1.29, 1.82) is 0 Å². The van der Waals surface area contributed by atoms with E-state index in [1.807, 2.05) is 41.3 Å². The van der Waals surface area contributed by atoms with Gasteiger partial charge in [-0.2, -0.15) is 0 Å². The van der Waals surface area contributed by atoms with Gasteiger partial charge in [-0.3, -0.25) is 14.4 Å². The number of nitrogens with one attached hydrogen (secondary N) is 2. The Balaban J connectivity index is 1.50. The monoisotopic (exact) mass is 397 g/mol. The van der Waals surface area contributed by atoms with E-state index in [1.165, 1.54) is 6.92 Å². The van der Waals surface area contributed by atoms with Gasteiger partial charge in [0, 0.05) is 45.1 Å². The molecule has 0 bridgehead atoms. The maximum Gasteiger partial charge on any atom is 0.246 e. The van der Waals surface area contributed by atoms with E-state index in [4.69, 9.17) is 0 Å². The van der Waals surface area contributed by atoms with E-state index in [0.717, 1.165) is 50.8 Å². The van der Waals surface area contributed by atoms with Crippen LogP contribution in [0, 0.1) is 5.41 Å². The van der Waals surface area contributed by atoms with Crippen LogP contribution in [-0.2, 0) is 14.4 Å². The molecule has 1 aliphatic heterocycles. The molecule has 1 aromatic carbocycles. The quantitative estimate of drug-likeness (QED) is 0.724. The number of rotatable bonds is 6. The molecule has 29 heavy (non-hydrogen) atoms. The number of benzene rings is 1. The molecular formula is C23H31N3O3. The predicted molar refractivity (Wildman–Crippen MR) is 113 cm³/mol. The first-order valence-corrected chi connectivity index (χ1v) is 10.5. The molecule has 1 atom stereocenters. The smallest absolute Gasteiger partial charge is 0.246 e. The molecule has 1 spiro atoms. The summed E-state index contributed by atoms with van der Waals surface area (Å²) in [7, 11) is 0. The lowest BCUT2D eigenvalue weighted by atomic mass is 9.74. The minimum Gasteiger partial charge on any atom is -0.356 e. The van der Waals surface area contributed by atoms with E-state index >= 15 is 0 Å². The second-order valence-electron chi connectivity index (χ2n) is 8.18. The fourth-order valence-corrected chi connectivity index (χ4v) is 4.59. The predicted octanol–water partition coefficient (Wildman–Crippen LogP) is 2.50. The number of hydrogen-bond donors (Lipinski definition) is 2. The zero-order valence-electron chi connectivity index (χ0n) is 17.2. The molecule has 6 nitrogen and oxygen atoms in total. The van der Waals surface area contributed by atoms with Crippen molar-refractivity contribution in [3.05, 3.63) is 42.0 Å². The van der Waals surface area contributed by atoms with Gasteiger partial charge in [0.2, 0.25) is 17.7 Å². The van der Waals surface area contributed by atoms with Crippen molar-refractivity contribution in [2.45, 2.75) is 51.5 Å². The third-order valence-corrected chi connectivity index (χ3v) is 6.26. The Morgan fingerprint density at radius 1 is 1.14 bits per heavy atom. The molecule has 1 heterocycles. The first kappa shape index (κ1) is 21.1. The summed E-state index contributed by atoms with van der Waals surface area (Å²) in [5.74, 6) is -0.0691. The molecule has 1 unspecified atom stereocenters. The summed E-state index contributed by atoms with van der Waals surface area (Å²) in [4.78, 5) is 37.7. The van der Waals surface area contributed by atoms with Gasteiger partial charge in [0.1, 0.15) is 0 Å².